The van der Waals surface area contributed by atoms with Crippen LogP contribution >= 0.6 is 0 Å². The molecular formula is C26H19N. The maximum Gasteiger partial charge on any atom is 0.187 e. The van der Waals surface area contributed by atoms with Crippen molar-refractivity contribution in [1.29, 1.82) is 0 Å². The third-order valence-electron chi connectivity index (χ3n) is 4.82. The number of nitrogens with zero attached hydrogens (tertiary/aromatic N) is 1. The maximum atomic E-state index is 7.05. The summed E-state index contributed by atoms with van der Waals surface area (Å²) in [5.41, 5.74) is 9.12. The van der Waals surface area contributed by atoms with Crippen molar-refractivity contribution in [3.8, 4) is 33.4 Å². The van der Waals surface area contributed by atoms with E-state index in [1.165, 1.54) is 27.8 Å². The predicted molar refractivity (Wildman–Crippen MR) is 114 cm³/mol. The molecule has 0 aliphatic heterocycles. The summed E-state index contributed by atoms with van der Waals surface area (Å²) in [7, 11) is 0. The molecule has 0 aromatic heterocycles. The summed E-state index contributed by atoms with van der Waals surface area (Å²) in [6.07, 6.45) is 0. The zero-order valence-electron chi connectivity index (χ0n) is 15.2. The SMILES string of the molecule is [C-]#[N+]c1ccc(-c2ccc(-c3ccc(-c4ccc(C)cc4)cc3)cc2)cc1. The highest BCUT2D eigenvalue weighted by Gasteiger charge is 2.02. The van der Waals surface area contributed by atoms with E-state index in [1.807, 2.05) is 24.3 Å². The van der Waals surface area contributed by atoms with Gasteiger partial charge in [0.1, 0.15) is 0 Å². The lowest BCUT2D eigenvalue weighted by molar-refractivity contribution is 1.47. The van der Waals surface area contributed by atoms with Crippen LogP contribution in [-0.4, -0.2) is 0 Å². The van der Waals surface area contributed by atoms with E-state index in [9.17, 15) is 0 Å². The van der Waals surface area contributed by atoms with E-state index in [4.69, 9.17) is 6.57 Å². The second-order valence-corrected chi connectivity index (χ2v) is 6.68. The minimum atomic E-state index is 0.670. The number of benzene rings is 4. The summed E-state index contributed by atoms with van der Waals surface area (Å²) in [4.78, 5) is 3.44. The van der Waals surface area contributed by atoms with Crippen molar-refractivity contribution in [3.63, 3.8) is 0 Å². The number of hydrogen-bond donors (Lipinski definition) is 0. The van der Waals surface area contributed by atoms with Crippen molar-refractivity contribution in [3.05, 3.63) is 114 Å². The first-order chi connectivity index (χ1) is 13.2. The van der Waals surface area contributed by atoms with Gasteiger partial charge in [0.05, 0.1) is 6.57 Å². The van der Waals surface area contributed by atoms with E-state index >= 15 is 0 Å². The van der Waals surface area contributed by atoms with E-state index in [0.717, 1.165) is 11.1 Å². The highest BCUT2D eigenvalue weighted by Crippen LogP contribution is 2.28. The van der Waals surface area contributed by atoms with Crippen molar-refractivity contribution in [2.24, 2.45) is 0 Å². The van der Waals surface area contributed by atoms with Gasteiger partial charge >= 0.3 is 0 Å². The molecule has 1 nitrogen and oxygen atoms in total. The smallest absolute Gasteiger partial charge is 0.187 e. The van der Waals surface area contributed by atoms with Crippen molar-refractivity contribution in [2.75, 3.05) is 0 Å². The van der Waals surface area contributed by atoms with E-state index in [-0.39, 0.29) is 0 Å². The van der Waals surface area contributed by atoms with Crippen molar-refractivity contribution < 1.29 is 0 Å². The molecule has 4 rings (SSSR count). The summed E-state index contributed by atoms with van der Waals surface area (Å²) in [6, 6.07) is 33.6. The predicted octanol–water partition coefficient (Wildman–Crippen LogP) is 7.55. The second kappa shape index (κ2) is 7.32. The zero-order chi connectivity index (χ0) is 18.6. The normalized spacial score (nSPS) is 10.4. The third-order valence-corrected chi connectivity index (χ3v) is 4.82. The molecule has 0 unspecified atom stereocenters. The number of rotatable bonds is 3. The molecule has 4 aromatic rings. The molecule has 0 fully saturated rings. The minimum Gasteiger partial charge on any atom is -0.238 e. The average Bonchev–Trinajstić information content (AvgIpc) is 2.75. The molecule has 0 spiro atoms. The Labute approximate surface area is 160 Å². The Bertz CT molecular complexity index is 1080. The molecule has 0 N–H and O–H groups in total. The molecule has 0 amide bonds. The van der Waals surface area contributed by atoms with Gasteiger partial charge in [-0.2, -0.15) is 0 Å². The van der Waals surface area contributed by atoms with Gasteiger partial charge in [0, 0.05) is 0 Å². The highest BCUT2D eigenvalue weighted by molar-refractivity contribution is 5.73. The fraction of sp³-hybridized carbons (Fsp3) is 0.0385. The van der Waals surface area contributed by atoms with E-state index < -0.39 is 0 Å². The van der Waals surface area contributed by atoms with Crippen molar-refractivity contribution in [2.45, 2.75) is 6.92 Å². The van der Waals surface area contributed by atoms with Gasteiger partial charge in [-0.1, -0.05) is 103 Å². The van der Waals surface area contributed by atoms with E-state index in [1.54, 1.807) is 0 Å². The Morgan fingerprint density at radius 3 is 1.00 bits per heavy atom. The van der Waals surface area contributed by atoms with E-state index in [0.29, 0.717) is 5.69 Å². The molecule has 0 bridgehead atoms. The largest absolute Gasteiger partial charge is 0.238 e. The van der Waals surface area contributed by atoms with Crippen molar-refractivity contribution in [1.82, 2.24) is 0 Å². The fourth-order valence-electron chi connectivity index (χ4n) is 3.18. The van der Waals surface area contributed by atoms with Gasteiger partial charge in [0.15, 0.2) is 5.69 Å². The quantitative estimate of drug-likeness (QED) is 0.338. The molecule has 128 valence electrons. The Morgan fingerprint density at radius 1 is 0.444 bits per heavy atom. The van der Waals surface area contributed by atoms with Crippen LogP contribution in [0.2, 0.25) is 0 Å². The van der Waals surface area contributed by atoms with Crippen LogP contribution in [0.25, 0.3) is 38.2 Å². The average molecular weight is 345 g/mol. The topological polar surface area (TPSA) is 4.36 Å². The monoisotopic (exact) mass is 345 g/mol. The van der Waals surface area contributed by atoms with Crippen LogP contribution in [0.1, 0.15) is 5.56 Å². The minimum absolute atomic E-state index is 0.670. The molecule has 0 aliphatic carbocycles. The third kappa shape index (κ3) is 3.66. The standard InChI is InChI=1S/C26H19N/c1-19-3-5-20(6-4-19)21-7-9-22(10-8-21)23-11-13-24(14-12-23)25-15-17-26(27-2)18-16-25/h3-18H,1H3. The summed E-state index contributed by atoms with van der Waals surface area (Å²) in [6.45, 7) is 9.15. The fourth-order valence-corrected chi connectivity index (χ4v) is 3.18. The van der Waals surface area contributed by atoms with Gasteiger partial charge < -0.3 is 0 Å². The van der Waals surface area contributed by atoms with Gasteiger partial charge in [-0.25, -0.2) is 4.85 Å². The van der Waals surface area contributed by atoms with Gasteiger partial charge in [-0.3, -0.25) is 0 Å². The summed E-state index contributed by atoms with van der Waals surface area (Å²) in [5, 5.41) is 0. The van der Waals surface area contributed by atoms with Gasteiger partial charge in [0.25, 0.3) is 0 Å². The van der Waals surface area contributed by atoms with Crippen LogP contribution in [0.15, 0.2) is 97.1 Å². The lowest BCUT2D eigenvalue weighted by atomic mass is 9.98. The lowest BCUT2D eigenvalue weighted by Crippen LogP contribution is -1.82. The van der Waals surface area contributed by atoms with Gasteiger partial charge in [0.2, 0.25) is 0 Å². The maximum absolute atomic E-state index is 7.05. The Morgan fingerprint density at radius 2 is 0.704 bits per heavy atom. The first-order valence-corrected chi connectivity index (χ1v) is 8.98. The summed E-state index contributed by atoms with van der Waals surface area (Å²) >= 11 is 0. The molecule has 0 aliphatic rings. The molecule has 0 saturated carbocycles. The van der Waals surface area contributed by atoms with Crippen LogP contribution in [0.3, 0.4) is 0 Å². The molecular weight excluding hydrogens is 326 g/mol. The molecule has 27 heavy (non-hydrogen) atoms. The Kier molecular flexibility index (Phi) is 4.56. The van der Waals surface area contributed by atoms with Gasteiger partial charge in [-0.05, 0) is 40.3 Å². The van der Waals surface area contributed by atoms with E-state index in [2.05, 4.69) is 84.6 Å². The Balaban J connectivity index is 1.56. The highest BCUT2D eigenvalue weighted by atomic mass is 14.6. The first kappa shape index (κ1) is 16.8. The van der Waals surface area contributed by atoms with Crippen LogP contribution in [0, 0.1) is 13.5 Å². The molecule has 1 heteroatoms. The second-order valence-electron chi connectivity index (χ2n) is 6.68. The van der Waals surface area contributed by atoms with Gasteiger partial charge in [-0.15, -0.1) is 0 Å². The van der Waals surface area contributed by atoms with Crippen molar-refractivity contribution >= 4 is 5.69 Å². The number of hydrogen-bond acceptors (Lipinski definition) is 0. The summed E-state index contributed by atoms with van der Waals surface area (Å²) in [5.74, 6) is 0. The molecule has 0 saturated heterocycles. The lowest BCUT2D eigenvalue weighted by Gasteiger charge is -2.07. The first-order valence-electron chi connectivity index (χ1n) is 8.98. The Hall–Kier alpha value is -3.63. The molecule has 0 atom stereocenters. The number of aryl methyl sites for hydroxylation is 1. The summed E-state index contributed by atoms with van der Waals surface area (Å²) < 4.78 is 0. The van der Waals surface area contributed by atoms with Crippen LogP contribution in [0.4, 0.5) is 5.69 Å². The van der Waals surface area contributed by atoms with Crippen LogP contribution < -0.4 is 0 Å². The molecule has 0 heterocycles. The van der Waals surface area contributed by atoms with Crippen LogP contribution in [0.5, 0.6) is 0 Å². The molecule has 0 radical (unpaired) electrons. The molecule has 4 aromatic carbocycles. The van der Waals surface area contributed by atoms with Crippen LogP contribution in [-0.2, 0) is 0 Å². The zero-order valence-corrected chi connectivity index (χ0v) is 15.2.